The van der Waals surface area contributed by atoms with Gasteiger partial charge in [-0.1, -0.05) is 18.2 Å². The SMILES string of the molecule is N#Cc1cc(N)ccc1C=CCCS. The first-order chi connectivity index (χ1) is 6.77. The Bertz CT molecular complexity index is 377. The largest absolute Gasteiger partial charge is 0.399 e. The lowest BCUT2D eigenvalue weighted by atomic mass is 10.1. The molecule has 0 saturated heterocycles. The number of thiol groups is 1. The summed E-state index contributed by atoms with van der Waals surface area (Å²) in [5.41, 5.74) is 7.71. The van der Waals surface area contributed by atoms with Gasteiger partial charge in [-0.2, -0.15) is 17.9 Å². The quantitative estimate of drug-likeness (QED) is 0.587. The average Bonchev–Trinajstić information content (AvgIpc) is 2.20. The van der Waals surface area contributed by atoms with E-state index in [1.165, 1.54) is 0 Å². The highest BCUT2D eigenvalue weighted by Crippen LogP contribution is 2.14. The Morgan fingerprint density at radius 1 is 1.50 bits per heavy atom. The van der Waals surface area contributed by atoms with Gasteiger partial charge in [0, 0.05) is 5.69 Å². The van der Waals surface area contributed by atoms with Gasteiger partial charge in [-0.25, -0.2) is 0 Å². The number of allylic oxidation sites excluding steroid dienone is 1. The summed E-state index contributed by atoms with van der Waals surface area (Å²) >= 11 is 4.10. The summed E-state index contributed by atoms with van der Waals surface area (Å²) in [6.07, 6.45) is 4.83. The molecule has 72 valence electrons. The topological polar surface area (TPSA) is 49.8 Å². The number of nitrogen functional groups attached to an aromatic ring is 1. The zero-order chi connectivity index (χ0) is 10.4. The minimum Gasteiger partial charge on any atom is -0.399 e. The second-order valence-electron chi connectivity index (χ2n) is 2.87. The Balaban J connectivity index is 2.92. The molecule has 0 aliphatic carbocycles. The molecule has 0 radical (unpaired) electrons. The molecule has 1 aromatic carbocycles. The van der Waals surface area contributed by atoms with Crippen molar-refractivity contribution in [3.63, 3.8) is 0 Å². The fourth-order valence-corrected chi connectivity index (χ4v) is 1.25. The van der Waals surface area contributed by atoms with E-state index in [1.807, 2.05) is 18.2 Å². The highest BCUT2D eigenvalue weighted by molar-refractivity contribution is 7.80. The van der Waals surface area contributed by atoms with Crippen LogP contribution < -0.4 is 5.73 Å². The van der Waals surface area contributed by atoms with Gasteiger partial charge in [0.1, 0.15) is 0 Å². The van der Waals surface area contributed by atoms with Crippen LogP contribution in [0.3, 0.4) is 0 Å². The maximum absolute atomic E-state index is 8.84. The van der Waals surface area contributed by atoms with Crippen LogP contribution in [0.25, 0.3) is 6.08 Å². The third-order valence-electron chi connectivity index (χ3n) is 1.79. The van der Waals surface area contributed by atoms with E-state index in [9.17, 15) is 0 Å². The van der Waals surface area contributed by atoms with Crippen molar-refractivity contribution in [3.05, 3.63) is 35.4 Å². The lowest BCUT2D eigenvalue weighted by Gasteiger charge is -1.98. The molecule has 3 heteroatoms. The number of nitrogens with zero attached hydrogens (tertiary/aromatic N) is 1. The second-order valence-corrected chi connectivity index (χ2v) is 3.32. The molecule has 2 N–H and O–H groups in total. The van der Waals surface area contributed by atoms with Gasteiger partial charge in [0.25, 0.3) is 0 Å². The van der Waals surface area contributed by atoms with Gasteiger partial charge in [0.2, 0.25) is 0 Å². The first-order valence-corrected chi connectivity index (χ1v) is 4.98. The van der Waals surface area contributed by atoms with Crippen molar-refractivity contribution in [2.45, 2.75) is 6.42 Å². The molecule has 0 atom stereocenters. The molecule has 14 heavy (non-hydrogen) atoms. The highest BCUT2D eigenvalue weighted by Gasteiger charge is 1.97. The number of nitriles is 1. The van der Waals surface area contributed by atoms with Gasteiger partial charge in [0.05, 0.1) is 11.6 Å². The number of hydrogen-bond donors (Lipinski definition) is 2. The summed E-state index contributed by atoms with van der Waals surface area (Å²) < 4.78 is 0. The monoisotopic (exact) mass is 204 g/mol. The molecule has 0 spiro atoms. The number of benzene rings is 1. The molecule has 0 aromatic heterocycles. The zero-order valence-corrected chi connectivity index (χ0v) is 8.67. The molecular formula is C11H12N2S. The molecule has 0 amide bonds. The predicted octanol–water partition coefficient (Wildman–Crippen LogP) is 2.47. The Morgan fingerprint density at radius 3 is 2.93 bits per heavy atom. The van der Waals surface area contributed by atoms with Crippen LogP contribution in [-0.2, 0) is 0 Å². The van der Waals surface area contributed by atoms with Gasteiger partial charge in [-0.15, -0.1) is 0 Å². The van der Waals surface area contributed by atoms with Gasteiger partial charge >= 0.3 is 0 Å². The van der Waals surface area contributed by atoms with Crippen molar-refractivity contribution < 1.29 is 0 Å². The maximum atomic E-state index is 8.84. The van der Waals surface area contributed by atoms with Crippen LogP contribution in [0, 0.1) is 11.3 Å². The summed E-state index contributed by atoms with van der Waals surface area (Å²) in [4.78, 5) is 0. The molecule has 0 aliphatic heterocycles. The lowest BCUT2D eigenvalue weighted by Crippen LogP contribution is -1.88. The fraction of sp³-hybridized carbons (Fsp3) is 0.182. The predicted molar refractivity (Wildman–Crippen MR) is 63.1 cm³/mol. The van der Waals surface area contributed by atoms with Gasteiger partial charge in [-0.3, -0.25) is 0 Å². The van der Waals surface area contributed by atoms with Crippen molar-refractivity contribution in [1.29, 1.82) is 5.26 Å². The maximum Gasteiger partial charge on any atom is 0.0998 e. The summed E-state index contributed by atoms with van der Waals surface area (Å²) in [7, 11) is 0. The fourth-order valence-electron chi connectivity index (χ4n) is 1.10. The Morgan fingerprint density at radius 2 is 2.29 bits per heavy atom. The third kappa shape index (κ3) is 2.82. The van der Waals surface area contributed by atoms with E-state index in [0.29, 0.717) is 11.3 Å². The van der Waals surface area contributed by atoms with Crippen molar-refractivity contribution in [1.82, 2.24) is 0 Å². The summed E-state index contributed by atoms with van der Waals surface area (Å²) in [6, 6.07) is 7.44. The van der Waals surface area contributed by atoms with Crippen molar-refractivity contribution in [3.8, 4) is 6.07 Å². The molecular weight excluding hydrogens is 192 g/mol. The molecule has 0 saturated carbocycles. The third-order valence-corrected chi connectivity index (χ3v) is 2.05. The number of nitrogens with two attached hydrogens (primary N) is 1. The summed E-state index contributed by atoms with van der Waals surface area (Å²) in [5.74, 6) is 0.813. The van der Waals surface area contributed by atoms with Crippen molar-refractivity contribution in [2.75, 3.05) is 11.5 Å². The van der Waals surface area contributed by atoms with E-state index in [2.05, 4.69) is 18.7 Å². The zero-order valence-electron chi connectivity index (χ0n) is 7.77. The van der Waals surface area contributed by atoms with Crippen LogP contribution in [0.1, 0.15) is 17.5 Å². The summed E-state index contributed by atoms with van der Waals surface area (Å²) in [6.45, 7) is 0. The molecule has 0 aliphatic rings. The minimum absolute atomic E-state index is 0.611. The minimum atomic E-state index is 0.611. The first-order valence-electron chi connectivity index (χ1n) is 4.35. The van der Waals surface area contributed by atoms with Crippen LogP contribution in [0.5, 0.6) is 0 Å². The van der Waals surface area contributed by atoms with Crippen LogP contribution in [0.4, 0.5) is 5.69 Å². The number of anilines is 1. The average molecular weight is 204 g/mol. The van der Waals surface area contributed by atoms with E-state index in [-0.39, 0.29) is 0 Å². The number of hydrogen-bond acceptors (Lipinski definition) is 3. The van der Waals surface area contributed by atoms with Crippen LogP contribution >= 0.6 is 12.6 Å². The van der Waals surface area contributed by atoms with E-state index in [4.69, 9.17) is 11.0 Å². The smallest absolute Gasteiger partial charge is 0.0998 e. The summed E-state index contributed by atoms with van der Waals surface area (Å²) in [5, 5.41) is 8.84. The molecule has 1 rings (SSSR count). The molecule has 0 fully saturated rings. The van der Waals surface area contributed by atoms with Gasteiger partial charge in [0.15, 0.2) is 0 Å². The molecule has 0 heterocycles. The van der Waals surface area contributed by atoms with Crippen LogP contribution in [0.2, 0.25) is 0 Å². The van der Waals surface area contributed by atoms with Crippen molar-refractivity contribution in [2.24, 2.45) is 0 Å². The standard InChI is InChI=1S/C11H12N2S/c12-8-10-7-11(13)5-4-9(10)3-1-2-6-14/h1,3-5,7,14H,2,6,13H2. The lowest BCUT2D eigenvalue weighted by molar-refractivity contribution is 1.26. The molecule has 1 aromatic rings. The van der Waals surface area contributed by atoms with E-state index in [0.717, 1.165) is 17.7 Å². The van der Waals surface area contributed by atoms with E-state index >= 15 is 0 Å². The Labute approximate surface area is 89.5 Å². The second kappa shape index (κ2) is 5.36. The molecule has 2 nitrogen and oxygen atoms in total. The highest BCUT2D eigenvalue weighted by atomic mass is 32.1. The molecule has 0 unspecified atom stereocenters. The van der Waals surface area contributed by atoms with Crippen LogP contribution in [-0.4, -0.2) is 5.75 Å². The van der Waals surface area contributed by atoms with E-state index in [1.54, 1.807) is 12.1 Å². The van der Waals surface area contributed by atoms with Crippen molar-refractivity contribution >= 4 is 24.4 Å². The number of rotatable bonds is 3. The van der Waals surface area contributed by atoms with Crippen LogP contribution in [0.15, 0.2) is 24.3 Å². The Kier molecular flexibility index (Phi) is 4.09. The Hall–Kier alpha value is -1.40. The van der Waals surface area contributed by atoms with Gasteiger partial charge < -0.3 is 5.73 Å². The van der Waals surface area contributed by atoms with E-state index < -0.39 is 0 Å². The molecule has 0 bridgehead atoms. The normalized spacial score (nSPS) is 10.3. The van der Waals surface area contributed by atoms with Gasteiger partial charge in [-0.05, 0) is 29.9 Å². The first kappa shape index (κ1) is 10.7.